The van der Waals surface area contributed by atoms with Gasteiger partial charge in [0, 0.05) is 0 Å². The highest BCUT2D eigenvalue weighted by Gasteiger charge is 2.42. The third kappa shape index (κ3) is 8.69. The summed E-state index contributed by atoms with van der Waals surface area (Å²) >= 11 is 0. The summed E-state index contributed by atoms with van der Waals surface area (Å²) < 4.78 is 5.41. The molecule has 0 aromatic rings. The van der Waals surface area contributed by atoms with E-state index in [2.05, 4.69) is 27.7 Å². The fourth-order valence-corrected chi connectivity index (χ4v) is 4.45. The minimum absolute atomic E-state index is 0.104. The summed E-state index contributed by atoms with van der Waals surface area (Å²) in [6.45, 7) is 9.02. The maximum Gasteiger partial charge on any atom is 0.298 e. The van der Waals surface area contributed by atoms with Crippen molar-refractivity contribution in [2.45, 2.75) is 118 Å². The highest BCUT2D eigenvalue weighted by atomic mass is 28.2. The molecule has 0 bridgehead atoms. The molecule has 0 saturated carbocycles. The zero-order chi connectivity index (χ0) is 18.3. The van der Waals surface area contributed by atoms with Crippen LogP contribution in [0, 0.1) is 11.3 Å². The monoisotopic (exact) mass is 356 g/mol. The first-order valence-corrected chi connectivity index (χ1v) is 11.5. The van der Waals surface area contributed by atoms with Crippen LogP contribution < -0.4 is 0 Å². The predicted octanol–water partition coefficient (Wildman–Crippen LogP) is 5.95. The summed E-state index contributed by atoms with van der Waals surface area (Å²) in [5.74, 6) is 0.555. The van der Waals surface area contributed by atoms with Crippen LogP contribution in [-0.4, -0.2) is 16.5 Å². The van der Waals surface area contributed by atoms with Gasteiger partial charge in [-0.25, -0.2) is 0 Å². The quantitative estimate of drug-likeness (QED) is 0.252. The predicted molar refractivity (Wildman–Crippen MR) is 109 cm³/mol. The van der Waals surface area contributed by atoms with Gasteiger partial charge in [0.05, 0.1) is 5.41 Å². The van der Waals surface area contributed by atoms with Gasteiger partial charge in [0.1, 0.15) is 0 Å². The molecule has 0 aliphatic rings. The van der Waals surface area contributed by atoms with Crippen molar-refractivity contribution in [1.82, 2.24) is 0 Å². The Bertz CT molecular complexity index is 306. The van der Waals surface area contributed by atoms with Crippen molar-refractivity contribution in [3.05, 3.63) is 0 Å². The van der Waals surface area contributed by atoms with Gasteiger partial charge in [0.25, 0.3) is 5.97 Å². The van der Waals surface area contributed by atoms with E-state index in [4.69, 9.17) is 4.43 Å². The third-order valence-electron chi connectivity index (χ3n) is 5.70. The summed E-state index contributed by atoms with van der Waals surface area (Å²) in [5, 5.41) is 0. The molecule has 2 nitrogen and oxygen atoms in total. The summed E-state index contributed by atoms with van der Waals surface area (Å²) in [4.78, 5) is 12.7. The molecule has 144 valence electrons. The second-order valence-corrected chi connectivity index (χ2v) is 8.07. The molecule has 2 unspecified atom stereocenters. The first kappa shape index (κ1) is 23.7. The van der Waals surface area contributed by atoms with Crippen molar-refractivity contribution in [3.63, 3.8) is 0 Å². The Kier molecular flexibility index (Phi) is 14.8. The summed E-state index contributed by atoms with van der Waals surface area (Å²) in [5.41, 5.74) is -0.215. The van der Waals surface area contributed by atoms with E-state index in [1.165, 1.54) is 70.6 Å². The second-order valence-electron chi connectivity index (χ2n) is 7.67. The van der Waals surface area contributed by atoms with Crippen LogP contribution in [0.4, 0.5) is 0 Å². The van der Waals surface area contributed by atoms with E-state index in [0.29, 0.717) is 16.4 Å². The van der Waals surface area contributed by atoms with Crippen molar-refractivity contribution in [2.24, 2.45) is 11.3 Å². The lowest BCUT2D eigenvalue weighted by atomic mass is 9.68. The summed E-state index contributed by atoms with van der Waals surface area (Å²) in [7, 11) is 0.524. The van der Waals surface area contributed by atoms with Crippen molar-refractivity contribution < 1.29 is 9.22 Å². The minimum Gasteiger partial charge on any atom is -0.528 e. The maximum atomic E-state index is 12.7. The van der Waals surface area contributed by atoms with Crippen molar-refractivity contribution >= 4 is 16.5 Å². The van der Waals surface area contributed by atoms with Gasteiger partial charge in [0.15, 0.2) is 0 Å². The average molecular weight is 357 g/mol. The van der Waals surface area contributed by atoms with E-state index in [-0.39, 0.29) is 11.4 Å². The smallest absolute Gasteiger partial charge is 0.298 e. The molecule has 3 heteroatoms. The molecule has 0 N–H and O–H groups in total. The van der Waals surface area contributed by atoms with Gasteiger partial charge in [-0.2, -0.15) is 0 Å². The second kappa shape index (κ2) is 15.0. The largest absolute Gasteiger partial charge is 0.528 e. The van der Waals surface area contributed by atoms with Crippen LogP contribution in [0.15, 0.2) is 0 Å². The van der Waals surface area contributed by atoms with E-state index in [1.54, 1.807) is 0 Å². The number of unbranched alkanes of at least 4 members (excludes halogenated alkanes) is 8. The lowest BCUT2D eigenvalue weighted by Gasteiger charge is -2.37. The van der Waals surface area contributed by atoms with Crippen LogP contribution in [0.5, 0.6) is 0 Å². The molecule has 0 aromatic heterocycles. The number of carbonyl (C=O) groups excluding carboxylic acids is 1. The normalized spacial score (nSPS) is 15.2. The Labute approximate surface area is 155 Å². The number of rotatable bonds is 16. The minimum atomic E-state index is -0.215. The molecule has 0 rings (SSSR count). The highest BCUT2D eigenvalue weighted by Crippen LogP contribution is 2.42. The van der Waals surface area contributed by atoms with Gasteiger partial charge >= 0.3 is 0 Å². The van der Waals surface area contributed by atoms with Gasteiger partial charge < -0.3 is 4.43 Å². The molecule has 0 heterocycles. The third-order valence-corrected chi connectivity index (χ3v) is 6.07. The van der Waals surface area contributed by atoms with Crippen LogP contribution in [0.1, 0.15) is 118 Å². The van der Waals surface area contributed by atoms with Crippen LogP contribution in [0.2, 0.25) is 0 Å². The molecule has 2 atom stereocenters. The topological polar surface area (TPSA) is 26.3 Å². The summed E-state index contributed by atoms with van der Waals surface area (Å²) in [6, 6.07) is 0. The fraction of sp³-hybridized carbons (Fsp3) is 0.952. The molecule has 24 heavy (non-hydrogen) atoms. The van der Waals surface area contributed by atoms with E-state index < -0.39 is 0 Å². The lowest BCUT2D eigenvalue weighted by molar-refractivity contribution is -0.150. The molecular weight excluding hydrogens is 312 g/mol. The van der Waals surface area contributed by atoms with Gasteiger partial charge in [-0.1, -0.05) is 98.3 Å². The van der Waals surface area contributed by atoms with Crippen LogP contribution >= 0.6 is 0 Å². The average Bonchev–Trinajstić information content (AvgIpc) is 2.59. The van der Waals surface area contributed by atoms with Crippen LogP contribution in [0.3, 0.4) is 0 Å². The van der Waals surface area contributed by atoms with E-state index in [1.807, 2.05) is 0 Å². The zero-order valence-electron chi connectivity index (χ0n) is 17.3. The van der Waals surface area contributed by atoms with Gasteiger partial charge in [-0.15, -0.1) is 0 Å². The van der Waals surface area contributed by atoms with Crippen molar-refractivity contribution in [1.29, 1.82) is 0 Å². The summed E-state index contributed by atoms with van der Waals surface area (Å²) in [6.07, 6.45) is 17.2. The Morgan fingerprint density at radius 1 is 0.833 bits per heavy atom. The Hall–Kier alpha value is -0.313. The molecule has 0 amide bonds. The molecule has 0 spiro atoms. The molecule has 0 aromatic carbocycles. The zero-order valence-corrected chi connectivity index (χ0v) is 19.3. The molecule has 0 radical (unpaired) electrons. The van der Waals surface area contributed by atoms with Crippen LogP contribution in [0.25, 0.3) is 0 Å². The van der Waals surface area contributed by atoms with Crippen molar-refractivity contribution in [2.75, 3.05) is 0 Å². The van der Waals surface area contributed by atoms with E-state index in [9.17, 15) is 4.79 Å². The van der Waals surface area contributed by atoms with Crippen LogP contribution in [-0.2, 0) is 9.22 Å². The number of hydrogen-bond acceptors (Lipinski definition) is 2. The van der Waals surface area contributed by atoms with Gasteiger partial charge in [0.2, 0.25) is 10.5 Å². The molecule has 0 aliphatic carbocycles. The fourth-order valence-electron chi connectivity index (χ4n) is 4.05. The first-order valence-electron chi connectivity index (χ1n) is 10.7. The van der Waals surface area contributed by atoms with E-state index >= 15 is 0 Å². The number of carbonyl (C=O) groups is 1. The Balaban J connectivity index is 4.70. The highest BCUT2D eigenvalue weighted by molar-refractivity contribution is 6.06. The van der Waals surface area contributed by atoms with Gasteiger partial charge in [-0.05, 0) is 25.2 Å². The Morgan fingerprint density at radius 2 is 1.38 bits per heavy atom. The molecule has 0 fully saturated rings. The number of hydrogen-bond donors (Lipinski definition) is 0. The molecule has 0 aliphatic heterocycles. The maximum absolute atomic E-state index is 12.7. The molecule has 0 saturated heterocycles. The molecular formula is C21H44O2Si. The van der Waals surface area contributed by atoms with E-state index in [0.717, 1.165) is 19.3 Å². The SMILES string of the molecule is CCCCCCCC(C)C(CCC)(CCCCCCC)C(=O)O[SiH3]. The Morgan fingerprint density at radius 3 is 1.88 bits per heavy atom. The van der Waals surface area contributed by atoms with Crippen molar-refractivity contribution in [3.8, 4) is 0 Å². The first-order chi connectivity index (χ1) is 11.6. The van der Waals surface area contributed by atoms with Gasteiger partial charge in [-0.3, -0.25) is 4.79 Å². The standard InChI is InChI=1S/C21H44O2Si/c1-5-8-10-12-14-16-19(4)21(17-7-3,20(22)23-24)18-15-13-11-9-6-2/h19H,5-18H2,1-4,24H3. The lowest BCUT2D eigenvalue weighted by Crippen LogP contribution is -2.39.